The fourth-order valence-corrected chi connectivity index (χ4v) is 2.85. The van der Waals surface area contributed by atoms with E-state index in [9.17, 15) is 0 Å². The molecule has 0 radical (unpaired) electrons. The number of rotatable bonds is 4. The Morgan fingerprint density at radius 3 is 2.47 bits per heavy atom. The Kier molecular flexibility index (Phi) is 4.66. The van der Waals surface area contributed by atoms with Crippen LogP contribution >= 0.6 is 23.4 Å². The van der Waals surface area contributed by atoms with Crippen molar-refractivity contribution < 1.29 is 0 Å². The van der Waals surface area contributed by atoms with E-state index in [4.69, 9.17) is 11.6 Å². The summed E-state index contributed by atoms with van der Waals surface area (Å²) in [4.78, 5) is 8.87. The third-order valence-corrected chi connectivity index (χ3v) is 4.14. The fraction of sp³-hybridized carbons (Fsp3) is 0.286. The van der Waals surface area contributed by atoms with Crippen molar-refractivity contribution in [2.45, 2.75) is 24.6 Å². The number of benzene rings is 1. The predicted octanol–water partition coefficient (Wildman–Crippen LogP) is 4.08. The Balaban J connectivity index is 2.15. The third kappa shape index (κ3) is 3.61. The first-order valence-corrected chi connectivity index (χ1v) is 7.36. The molecule has 2 aromatic rings. The molecule has 0 saturated heterocycles. The first kappa shape index (κ1) is 14.2. The molecule has 0 saturated carbocycles. The minimum Gasteiger partial charge on any atom is -0.373 e. The number of halogens is 1. The predicted molar refractivity (Wildman–Crippen MR) is 82.1 cm³/mol. The van der Waals surface area contributed by atoms with Gasteiger partial charge in [0, 0.05) is 23.4 Å². The monoisotopic (exact) mass is 293 g/mol. The molecule has 2 rings (SSSR count). The molecule has 0 spiro atoms. The summed E-state index contributed by atoms with van der Waals surface area (Å²) in [6.07, 6.45) is 0. The summed E-state index contributed by atoms with van der Waals surface area (Å²) in [7, 11) is 1.88. The highest BCUT2D eigenvalue weighted by molar-refractivity contribution is 7.98. The van der Waals surface area contributed by atoms with E-state index in [2.05, 4.69) is 15.3 Å². The molecule has 0 aliphatic rings. The summed E-state index contributed by atoms with van der Waals surface area (Å²) >= 11 is 7.59. The summed E-state index contributed by atoms with van der Waals surface area (Å²) in [6.45, 7) is 3.95. The van der Waals surface area contributed by atoms with Gasteiger partial charge in [0.05, 0.1) is 0 Å². The second-order valence-electron chi connectivity index (χ2n) is 4.21. The van der Waals surface area contributed by atoms with Crippen molar-refractivity contribution >= 4 is 29.2 Å². The van der Waals surface area contributed by atoms with E-state index in [0.717, 1.165) is 33.0 Å². The Hall–Kier alpha value is -1.26. The van der Waals surface area contributed by atoms with E-state index in [0.29, 0.717) is 0 Å². The molecule has 3 nitrogen and oxygen atoms in total. The molecule has 5 heteroatoms. The lowest BCUT2D eigenvalue weighted by atomic mass is 10.2. The van der Waals surface area contributed by atoms with Crippen LogP contribution in [0, 0.1) is 13.8 Å². The van der Waals surface area contributed by atoms with Gasteiger partial charge in [-0.15, -0.1) is 11.8 Å². The van der Waals surface area contributed by atoms with E-state index < -0.39 is 0 Å². The second kappa shape index (κ2) is 6.26. The van der Waals surface area contributed by atoms with Gasteiger partial charge in [0.25, 0.3) is 0 Å². The number of nitrogens with one attached hydrogen (secondary N) is 1. The number of hydrogen-bond acceptors (Lipinski definition) is 4. The largest absolute Gasteiger partial charge is 0.373 e. The lowest BCUT2D eigenvalue weighted by Crippen LogP contribution is -2.02. The van der Waals surface area contributed by atoms with Crippen LogP contribution in [0.3, 0.4) is 0 Å². The van der Waals surface area contributed by atoms with Gasteiger partial charge >= 0.3 is 0 Å². The summed E-state index contributed by atoms with van der Waals surface area (Å²) in [6, 6.07) is 7.90. The molecule has 0 fully saturated rings. The van der Waals surface area contributed by atoms with E-state index in [-0.39, 0.29) is 0 Å². The van der Waals surface area contributed by atoms with E-state index in [1.807, 2.05) is 45.2 Å². The zero-order chi connectivity index (χ0) is 13.8. The molecule has 0 amide bonds. The van der Waals surface area contributed by atoms with Crippen LogP contribution in [0.4, 0.5) is 5.82 Å². The Bertz CT molecular complexity index is 570. The van der Waals surface area contributed by atoms with Gasteiger partial charge in [-0.25, -0.2) is 9.97 Å². The number of anilines is 1. The average molecular weight is 294 g/mol. The maximum Gasteiger partial charge on any atom is 0.133 e. The van der Waals surface area contributed by atoms with Gasteiger partial charge in [-0.1, -0.05) is 23.7 Å². The first-order valence-electron chi connectivity index (χ1n) is 6.00. The molecule has 0 unspecified atom stereocenters. The highest BCUT2D eigenvalue weighted by Gasteiger charge is 2.08. The maximum absolute atomic E-state index is 5.88. The second-order valence-corrected chi connectivity index (χ2v) is 5.62. The van der Waals surface area contributed by atoms with Gasteiger partial charge in [-0.05, 0) is 31.5 Å². The molecule has 19 heavy (non-hydrogen) atoms. The Morgan fingerprint density at radius 1 is 1.16 bits per heavy atom. The molecule has 0 aliphatic heterocycles. The van der Waals surface area contributed by atoms with Crippen molar-refractivity contribution in [1.29, 1.82) is 0 Å². The van der Waals surface area contributed by atoms with Crippen molar-refractivity contribution in [1.82, 2.24) is 9.97 Å². The standard InChI is InChI=1S/C14H16ClN3S/c1-9-13(16-3)17-10(2)18-14(9)19-8-11-4-6-12(15)7-5-11/h4-7H,8H2,1-3H3,(H,16,17,18). The average Bonchev–Trinajstić information content (AvgIpc) is 2.41. The topological polar surface area (TPSA) is 37.8 Å². The van der Waals surface area contributed by atoms with Gasteiger partial charge in [0.15, 0.2) is 0 Å². The fourth-order valence-electron chi connectivity index (χ4n) is 1.72. The summed E-state index contributed by atoms with van der Waals surface area (Å²) in [5, 5.41) is 4.88. The van der Waals surface area contributed by atoms with Crippen LogP contribution in [0.2, 0.25) is 5.02 Å². The summed E-state index contributed by atoms with van der Waals surface area (Å²) in [5.41, 5.74) is 2.32. The summed E-state index contributed by atoms with van der Waals surface area (Å²) in [5.74, 6) is 2.55. The minimum atomic E-state index is 0.764. The van der Waals surface area contributed by atoms with E-state index in [1.165, 1.54) is 5.56 Å². The Morgan fingerprint density at radius 2 is 1.84 bits per heavy atom. The molecule has 1 aromatic carbocycles. The zero-order valence-electron chi connectivity index (χ0n) is 11.2. The van der Waals surface area contributed by atoms with Crippen LogP contribution in [-0.4, -0.2) is 17.0 Å². The lowest BCUT2D eigenvalue weighted by molar-refractivity contribution is 0.940. The smallest absolute Gasteiger partial charge is 0.133 e. The molecule has 1 aromatic heterocycles. The molecular formula is C14H16ClN3S. The van der Waals surface area contributed by atoms with Gasteiger partial charge in [0.2, 0.25) is 0 Å². The van der Waals surface area contributed by atoms with E-state index >= 15 is 0 Å². The van der Waals surface area contributed by atoms with Crippen molar-refractivity contribution in [3.05, 3.63) is 46.2 Å². The number of hydrogen-bond donors (Lipinski definition) is 1. The van der Waals surface area contributed by atoms with Crippen LogP contribution in [0.1, 0.15) is 17.0 Å². The maximum atomic E-state index is 5.88. The van der Waals surface area contributed by atoms with E-state index in [1.54, 1.807) is 11.8 Å². The van der Waals surface area contributed by atoms with Crippen molar-refractivity contribution in [2.24, 2.45) is 0 Å². The van der Waals surface area contributed by atoms with Crippen molar-refractivity contribution in [2.75, 3.05) is 12.4 Å². The highest BCUT2D eigenvalue weighted by atomic mass is 35.5. The third-order valence-electron chi connectivity index (χ3n) is 2.74. The number of thioether (sulfide) groups is 1. The normalized spacial score (nSPS) is 10.5. The van der Waals surface area contributed by atoms with Crippen LogP contribution in [0.25, 0.3) is 0 Å². The van der Waals surface area contributed by atoms with Gasteiger partial charge in [-0.2, -0.15) is 0 Å². The number of aromatic nitrogens is 2. The van der Waals surface area contributed by atoms with Crippen LogP contribution in [-0.2, 0) is 5.75 Å². The van der Waals surface area contributed by atoms with Gasteiger partial charge in [-0.3, -0.25) is 0 Å². The molecule has 0 aliphatic carbocycles. The SMILES string of the molecule is CNc1nc(C)nc(SCc2ccc(Cl)cc2)c1C. The van der Waals surface area contributed by atoms with Crippen LogP contribution in [0.15, 0.2) is 29.3 Å². The Labute approximate surface area is 122 Å². The first-order chi connectivity index (χ1) is 9.10. The van der Waals surface area contributed by atoms with Gasteiger partial charge in [0.1, 0.15) is 16.7 Å². The van der Waals surface area contributed by atoms with Crippen LogP contribution < -0.4 is 5.32 Å². The number of nitrogens with zero attached hydrogens (tertiary/aromatic N) is 2. The zero-order valence-corrected chi connectivity index (χ0v) is 12.8. The lowest BCUT2D eigenvalue weighted by Gasteiger charge is -2.10. The minimum absolute atomic E-state index is 0.764. The van der Waals surface area contributed by atoms with Crippen LogP contribution in [0.5, 0.6) is 0 Å². The van der Waals surface area contributed by atoms with Gasteiger partial charge < -0.3 is 5.32 Å². The quantitative estimate of drug-likeness (QED) is 0.681. The van der Waals surface area contributed by atoms with Crippen molar-refractivity contribution in [3.63, 3.8) is 0 Å². The molecule has 0 atom stereocenters. The highest BCUT2D eigenvalue weighted by Crippen LogP contribution is 2.27. The van der Waals surface area contributed by atoms with Crippen molar-refractivity contribution in [3.8, 4) is 0 Å². The molecular weight excluding hydrogens is 278 g/mol. The molecule has 100 valence electrons. The number of aryl methyl sites for hydroxylation is 1. The summed E-state index contributed by atoms with van der Waals surface area (Å²) < 4.78 is 0. The molecule has 1 N–H and O–H groups in total. The molecule has 0 bridgehead atoms. The molecule has 1 heterocycles.